The molecule has 29 heavy (non-hydrogen) atoms. The number of sulfonamides is 2. The maximum atomic E-state index is 12.9. The molecule has 1 heterocycles. The molecule has 3 aromatic rings. The van der Waals surface area contributed by atoms with Crippen molar-refractivity contribution in [3.8, 4) is 0 Å². The summed E-state index contributed by atoms with van der Waals surface area (Å²) in [7, 11) is -8.09. The molecule has 8 nitrogen and oxygen atoms in total. The van der Waals surface area contributed by atoms with Crippen LogP contribution in [-0.2, 0) is 25.5 Å². The largest absolute Gasteiger partial charge is 0.341 e. The molecule has 0 bridgehead atoms. The van der Waals surface area contributed by atoms with Gasteiger partial charge in [-0.25, -0.2) is 26.5 Å². The van der Waals surface area contributed by atoms with Crippen molar-refractivity contribution in [1.29, 1.82) is 0 Å². The second-order valence-corrected chi connectivity index (χ2v) is 11.0. The third kappa shape index (κ3) is 4.44. The molecule has 10 heteroatoms. The summed E-state index contributed by atoms with van der Waals surface area (Å²) in [5.74, 6) is 0.787. The Kier molecular flexibility index (Phi) is 5.46. The van der Waals surface area contributed by atoms with Gasteiger partial charge in [0.1, 0.15) is 15.6 Å². The van der Waals surface area contributed by atoms with Crippen LogP contribution in [0.3, 0.4) is 0 Å². The van der Waals surface area contributed by atoms with Crippen molar-refractivity contribution in [2.24, 2.45) is 0 Å². The van der Waals surface area contributed by atoms with E-state index in [1.807, 2.05) is 20.8 Å². The molecular formula is C19H24N4O4S2. The number of aromatic amines is 1. The van der Waals surface area contributed by atoms with Gasteiger partial charge >= 0.3 is 0 Å². The topological polar surface area (TPSA) is 121 Å². The van der Waals surface area contributed by atoms with Gasteiger partial charge in [-0.2, -0.15) is 0 Å². The SMILES string of the molecule is CCNS(=O)(=O)c1ccccc1S(=O)(=O)Nc1ccc2nc(C(C)(C)C)[nH]c2c1. The second kappa shape index (κ2) is 7.43. The average Bonchev–Trinajstić information content (AvgIpc) is 3.05. The number of hydrogen-bond acceptors (Lipinski definition) is 5. The van der Waals surface area contributed by atoms with Gasteiger partial charge in [0.2, 0.25) is 10.0 Å². The van der Waals surface area contributed by atoms with Gasteiger partial charge in [-0.3, -0.25) is 4.72 Å². The van der Waals surface area contributed by atoms with E-state index in [4.69, 9.17) is 0 Å². The Balaban J connectivity index is 2.00. The lowest BCUT2D eigenvalue weighted by Gasteiger charge is -2.13. The Labute approximate surface area is 170 Å². The first-order valence-corrected chi connectivity index (χ1v) is 12.0. The highest BCUT2D eigenvalue weighted by molar-refractivity contribution is 7.94. The van der Waals surface area contributed by atoms with Crippen molar-refractivity contribution < 1.29 is 16.8 Å². The van der Waals surface area contributed by atoms with Crippen molar-refractivity contribution in [1.82, 2.24) is 14.7 Å². The highest BCUT2D eigenvalue weighted by Crippen LogP contribution is 2.27. The molecule has 0 aliphatic rings. The highest BCUT2D eigenvalue weighted by atomic mass is 32.2. The highest BCUT2D eigenvalue weighted by Gasteiger charge is 2.26. The average molecular weight is 437 g/mol. The van der Waals surface area contributed by atoms with Gasteiger partial charge in [0.25, 0.3) is 10.0 Å². The fourth-order valence-corrected chi connectivity index (χ4v) is 5.72. The van der Waals surface area contributed by atoms with Gasteiger partial charge in [0.15, 0.2) is 0 Å². The maximum absolute atomic E-state index is 12.9. The normalized spacial score (nSPS) is 13.0. The molecule has 0 saturated carbocycles. The summed E-state index contributed by atoms with van der Waals surface area (Å²) in [6.07, 6.45) is 0. The number of imidazole rings is 1. The fraction of sp³-hybridized carbons (Fsp3) is 0.316. The smallest absolute Gasteiger partial charge is 0.263 e. The van der Waals surface area contributed by atoms with Crippen LogP contribution < -0.4 is 9.44 Å². The van der Waals surface area contributed by atoms with Crippen molar-refractivity contribution in [3.05, 3.63) is 48.3 Å². The lowest BCUT2D eigenvalue weighted by atomic mass is 9.96. The molecule has 0 amide bonds. The predicted octanol–water partition coefficient (Wildman–Crippen LogP) is 2.96. The number of H-pyrrole nitrogens is 1. The van der Waals surface area contributed by atoms with Gasteiger partial charge in [0.05, 0.1) is 16.7 Å². The Morgan fingerprint density at radius 3 is 2.17 bits per heavy atom. The number of anilines is 1. The Morgan fingerprint density at radius 1 is 0.966 bits per heavy atom. The van der Waals surface area contributed by atoms with Crippen LogP contribution in [0, 0.1) is 0 Å². The number of hydrogen-bond donors (Lipinski definition) is 3. The van der Waals surface area contributed by atoms with E-state index in [0.717, 1.165) is 5.82 Å². The van der Waals surface area contributed by atoms with Crippen LogP contribution in [0.25, 0.3) is 11.0 Å². The van der Waals surface area contributed by atoms with Gasteiger partial charge in [-0.1, -0.05) is 39.8 Å². The van der Waals surface area contributed by atoms with Crippen molar-refractivity contribution in [2.75, 3.05) is 11.3 Å². The number of aromatic nitrogens is 2. The van der Waals surface area contributed by atoms with E-state index in [1.165, 1.54) is 24.3 Å². The van der Waals surface area contributed by atoms with Gasteiger partial charge in [-0.15, -0.1) is 0 Å². The van der Waals surface area contributed by atoms with Crippen molar-refractivity contribution in [2.45, 2.75) is 42.9 Å². The zero-order valence-electron chi connectivity index (χ0n) is 16.6. The van der Waals surface area contributed by atoms with E-state index >= 15 is 0 Å². The lowest BCUT2D eigenvalue weighted by Crippen LogP contribution is -2.26. The molecule has 0 spiro atoms. The first-order chi connectivity index (χ1) is 13.4. The number of fused-ring (bicyclic) bond motifs is 1. The summed E-state index contributed by atoms with van der Waals surface area (Å²) in [5.41, 5.74) is 1.52. The van der Waals surface area contributed by atoms with Crippen molar-refractivity contribution >= 4 is 36.8 Å². The summed E-state index contributed by atoms with van der Waals surface area (Å²) in [5, 5.41) is 0. The van der Waals surface area contributed by atoms with Crippen molar-refractivity contribution in [3.63, 3.8) is 0 Å². The molecule has 0 fully saturated rings. The molecule has 156 valence electrons. The third-order valence-electron chi connectivity index (χ3n) is 4.21. The Morgan fingerprint density at radius 2 is 1.59 bits per heavy atom. The maximum Gasteiger partial charge on any atom is 0.263 e. The van der Waals surface area contributed by atoms with Gasteiger partial charge in [0, 0.05) is 12.0 Å². The molecule has 0 radical (unpaired) electrons. The quantitative estimate of drug-likeness (QED) is 0.548. The van der Waals surface area contributed by atoms with E-state index in [1.54, 1.807) is 25.1 Å². The van der Waals surface area contributed by atoms with E-state index in [9.17, 15) is 16.8 Å². The number of rotatable bonds is 6. The first kappa shape index (κ1) is 21.3. The van der Waals surface area contributed by atoms with E-state index in [2.05, 4.69) is 19.4 Å². The Bertz CT molecular complexity index is 1260. The molecule has 0 aliphatic carbocycles. The fourth-order valence-electron chi connectivity index (χ4n) is 2.80. The van der Waals surface area contributed by atoms with Crippen LogP contribution >= 0.6 is 0 Å². The van der Waals surface area contributed by atoms with Crippen LogP contribution in [0.15, 0.2) is 52.3 Å². The molecular weight excluding hydrogens is 412 g/mol. The van der Waals surface area contributed by atoms with Gasteiger partial charge in [-0.05, 0) is 30.3 Å². The molecule has 3 N–H and O–H groups in total. The van der Waals surface area contributed by atoms with Crippen LogP contribution in [0.4, 0.5) is 5.69 Å². The Hall–Kier alpha value is -2.43. The molecule has 0 aliphatic heterocycles. The molecule has 1 aromatic heterocycles. The van der Waals surface area contributed by atoms with E-state index in [-0.39, 0.29) is 21.8 Å². The van der Waals surface area contributed by atoms with Crippen LogP contribution in [0.1, 0.15) is 33.5 Å². The number of benzene rings is 2. The zero-order chi connectivity index (χ0) is 21.4. The number of nitrogens with zero attached hydrogens (tertiary/aromatic N) is 1. The second-order valence-electron chi connectivity index (χ2n) is 7.62. The minimum absolute atomic E-state index is 0.150. The lowest BCUT2D eigenvalue weighted by molar-refractivity contribution is 0.554. The standard InChI is InChI=1S/C19H24N4O4S2/c1-5-20-28(24,25)16-8-6-7-9-17(16)29(26,27)23-13-10-11-14-15(12-13)22-18(21-14)19(2,3)4/h6-12,20,23H,5H2,1-4H3,(H,21,22). The summed E-state index contributed by atoms with van der Waals surface area (Å²) < 4.78 is 55.5. The molecule has 2 aromatic carbocycles. The van der Waals surface area contributed by atoms with Gasteiger partial charge < -0.3 is 4.98 Å². The summed E-state index contributed by atoms with van der Waals surface area (Å²) in [6, 6.07) is 10.4. The molecule has 0 unspecified atom stereocenters. The van der Waals surface area contributed by atoms with E-state index < -0.39 is 20.0 Å². The predicted molar refractivity (Wildman–Crippen MR) is 113 cm³/mol. The van der Waals surface area contributed by atoms with Crippen LogP contribution in [0.2, 0.25) is 0 Å². The first-order valence-electron chi connectivity index (χ1n) is 9.06. The summed E-state index contributed by atoms with van der Waals surface area (Å²) in [6.45, 7) is 7.84. The minimum Gasteiger partial charge on any atom is -0.341 e. The number of nitrogens with one attached hydrogen (secondary N) is 3. The summed E-state index contributed by atoms with van der Waals surface area (Å²) >= 11 is 0. The zero-order valence-corrected chi connectivity index (χ0v) is 18.3. The monoisotopic (exact) mass is 436 g/mol. The molecule has 0 saturated heterocycles. The minimum atomic E-state index is -4.14. The van der Waals surface area contributed by atoms with Crippen LogP contribution in [-0.4, -0.2) is 33.3 Å². The molecule has 3 rings (SSSR count). The third-order valence-corrected chi connectivity index (χ3v) is 7.38. The van der Waals surface area contributed by atoms with E-state index in [0.29, 0.717) is 16.7 Å². The van der Waals surface area contributed by atoms with Crippen LogP contribution in [0.5, 0.6) is 0 Å². The molecule has 0 atom stereocenters. The summed E-state index contributed by atoms with van der Waals surface area (Å²) in [4.78, 5) is 7.11.